The van der Waals surface area contributed by atoms with Crippen molar-refractivity contribution in [1.82, 2.24) is 10.6 Å². The van der Waals surface area contributed by atoms with Crippen LogP contribution in [0.2, 0.25) is 0 Å². The highest BCUT2D eigenvalue weighted by Gasteiger charge is 2.32. The maximum atomic E-state index is 12.2. The lowest BCUT2D eigenvalue weighted by Crippen LogP contribution is -2.49. The van der Waals surface area contributed by atoms with E-state index in [1.165, 1.54) is 4.90 Å². The van der Waals surface area contributed by atoms with Gasteiger partial charge in [-0.25, -0.2) is 0 Å². The number of para-hydroxylation sites is 2. The number of amides is 3. The molecule has 2 rings (SSSR count). The van der Waals surface area contributed by atoms with Gasteiger partial charge >= 0.3 is 0 Å². The van der Waals surface area contributed by atoms with E-state index >= 15 is 0 Å². The third-order valence-corrected chi connectivity index (χ3v) is 3.39. The molecule has 23 heavy (non-hydrogen) atoms. The summed E-state index contributed by atoms with van der Waals surface area (Å²) in [5.41, 5.74) is 0.557. The predicted molar refractivity (Wildman–Crippen MR) is 85.2 cm³/mol. The van der Waals surface area contributed by atoms with Gasteiger partial charge < -0.3 is 15.4 Å². The van der Waals surface area contributed by atoms with Gasteiger partial charge in [0, 0.05) is 6.54 Å². The van der Waals surface area contributed by atoms with Crippen LogP contribution in [0.25, 0.3) is 0 Å². The number of anilines is 1. The number of carbonyl (C=O) groups is 3. The Kier molecular flexibility index (Phi) is 5.56. The Hall–Kier alpha value is -2.57. The third-order valence-electron chi connectivity index (χ3n) is 3.39. The van der Waals surface area contributed by atoms with E-state index in [-0.39, 0.29) is 24.9 Å². The predicted octanol–water partition coefficient (Wildman–Crippen LogP) is 0.443. The summed E-state index contributed by atoms with van der Waals surface area (Å²) >= 11 is 0. The zero-order valence-corrected chi connectivity index (χ0v) is 13.3. The molecule has 7 heteroatoms. The van der Waals surface area contributed by atoms with Crippen molar-refractivity contribution in [2.24, 2.45) is 0 Å². The molecule has 7 nitrogen and oxygen atoms in total. The maximum Gasteiger partial charge on any atom is 0.268 e. The molecule has 1 atom stereocenters. The third kappa shape index (κ3) is 4.21. The Labute approximate surface area is 135 Å². The summed E-state index contributed by atoms with van der Waals surface area (Å²) < 4.78 is 5.51. The highest BCUT2D eigenvalue weighted by Crippen LogP contribution is 2.33. The number of carbonyl (C=O) groups excluding carboxylic acids is 3. The SMILES string of the molecule is CCCNC(=O)CNC(=O)CN1C(=O)C(C)Oc2ccccc21. The van der Waals surface area contributed by atoms with E-state index in [9.17, 15) is 14.4 Å². The number of nitrogens with zero attached hydrogens (tertiary/aromatic N) is 1. The van der Waals surface area contributed by atoms with E-state index in [0.717, 1.165) is 6.42 Å². The van der Waals surface area contributed by atoms with E-state index in [4.69, 9.17) is 4.74 Å². The van der Waals surface area contributed by atoms with Gasteiger partial charge in [0.15, 0.2) is 6.10 Å². The van der Waals surface area contributed by atoms with Crippen LogP contribution in [0.15, 0.2) is 24.3 Å². The fourth-order valence-electron chi connectivity index (χ4n) is 2.23. The minimum absolute atomic E-state index is 0.103. The first-order valence-electron chi connectivity index (χ1n) is 7.63. The fraction of sp³-hybridized carbons (Fsp3) is 0.438. The van der Waals surface area contributed by atoms with Gasteiger partial charge in [0.2, 0.25) is 11.8 Å². The first-order valence-corrected chi connectivity index (χ1v) is 7.63. The zero-order chi connectivity index (χ0) is 16.8. The minimum Gasteiger partial charge on any atom is -0.479 e. The molecule has 1 aliphatic rings. The number of benzene rings is 1. The first-order chi connectivity index (χ1) is 11.0. The quantitative estimate of drug-likeness (QED) is 0.796. The molecule has 1 aliphatic heterocycles. The van der Waals surface area contributed by atoms with Gasteiger partial charge in [-0.05, 0) is 25.5 Å². The molecule has 0 saturated carbocycles. The number of fused-ring (bicyclic) bond motifs is 1. The van der Waals surface area contributed by atoms with Gasteiger partial charge in [-0.15, -0.1) is 0 Å². The standard InChI is InChI=1S/C16H21N3O4/c1-3-8-17-14(20)9-18-15(21)10-19-12-6-4-5-7-13(12)23-11(2)16(19)22/h4-7,11H,3,8-10H2,1-2H3,(H,17,20)(H,18,21). The Morgan fingerprint density at radius 1 is 1.22 bits per heavy atom. The van der Waals surface area contributed by atoms with Crippen molar-refractivity contribution in [1.29, 1.82) is 0 Å². The summed E-state index contributed by atoms with van der Waals surface area (Å²) in [6.45, 7) is 3.91. The van der Waals surface area contributed by atoms with E-state index in [0.29, 0.717) is 18.0 Å². The Morgan fingerprint density at radius 3 is 2.70 bits per heavy atom. The van der Waals surface area contributed by atoms with Crippen LogP contribution in [-0.2, 0) is 14.4 Å². The molecule has 0 saturated heterocycles. The van der Waals surface area contributed by atoms with Gasteiger partial charge in [-0.3, -0.25) is 19.3 Å². The lowest BCUT2D eigenvalue weighted by molar-refractivity contribution is -0.129. The Bertz CT molecular complexity index is 603. The summed E-state index contributed by atoms with van der Waals surface area (Å²) in [4.78, 5) is 37.1. The van der Waals surface area contributed by atoms with Crippen LogP contribution >= 0.6 is 0 Å². The molecule has 0 bridgehead atoms. The average molecular weight is 319 g/mol. The van der Waals surface area contributed by atoms with E-state index in [2.05, 4.69) is 10.6 Å². The molecular weight excluding hydrogens is 298 g/mol. The van der Waals surface area contributed by atoms with Crippen LogP contribution in [0.4, 0.5) is 5.69 Å². The van der Waals surface area contributed by atoms with Crippen molar-refractivity contribution < 1.29 is 19.1 Å². The van der Waals surface area contributed by atoms with Crippen LogP contribution in [0.1, 0.15) is 20.3 Å². The second-order valence-corrected chi connectivity index (χ2v) is 5.28. The van der Waals surface area contributed by atoms with Gasteiger partial charge in [0.25, 0.3) is 5.91 Å². The van der Waals surface area contributed by atoms with Crippen LogP contribution in [-0.4, -0.2) is 43.5 Å². The van der Waals surface area contributed by atoms with Crippen molar-refractivity contribution in [3.63, 3.8) is 0 Å². The van der Waals surface area contributed by atoms with Crippen LogP contribution in [0, 0.1) is 0 Å². The molecule has 0 fully saturated rings. The van der Waals surface area contributed by atoms with Gasteiger partial charge in [-0.2, -0.15) is 0 Å². The van der Waals surface area contributed by atoms with Gasteiger partial charge in [0.1, 0.15) is 12.3 Å². The Morgan fingerprint density at radius 2 is 1.96 bits per heavy atom. The molecule has 1 heterocycles. The maximum absolute atomic E-state index is 12.2. The molecule has 2 N–H and O–H groups in total. The van der Waals surface area contributed by atoms with Crippen molar-refractivity contribution in [3.05, 3.63) is 24.3 Å². The van der Waals surface area contributed by atoms with Crippen LogP contribution < -0.4 is 20.3 Å². The molecule has 0 aromatic heterocycles. The monoisotopic (exact) mass is 319 g/mol. The fourth-order valence-corrected chi connectivity index (χ4v) is 2.23. The molecule has 0 aliphatic carbocycles. The number of nitrogens with one attached hydrogen (secondary N) is 2. The molecule has 1 aromatic rings. The normalized spacial score (nSPS) is 16.3. The topological polar surface area (TPSA) is 87.7 Å². The summed E-state index contributed by atoms with van der Waals surface area (Å²) in [6.07, 6.45) is 0.182. The van der Waals surface area contributed by atoms with Crippen molar-refractivity contribution in [2.45, 2.75) is 26.4 Å². The van der Waals surface area contributed by atoms with Crippen molar-refractivity contribution in [3.8, 4) is 5.75 Å². The highest BCUT2D eigenvalue weighted by atomic mass is 16.5. The molecule has 3 amide bonds. The van der Waals surface area contributed by atoms with Gasteiger partial charge in [-0.1, -0.05) is 19.1 Å². The lowest BCUT2D eigenvalue weighted by Gasteiger charge is -2.32. The van der Waals surface area contributed by atoms with Gasteiger partial charge in [0.05, 0.1) is 12.2 Å². The summed E-state index contributed by atoms with van der Waals surface area (Å²) in [6, 6.07) is 7.05. The molecule has 1 unspecified atom stereocenters. The molecule has 124 valence electrons. The lowest BCUT2D eigenvalue weighted by atomic mass is 10.2. The van der Waals surface area contributed by atoms with E-state index < -0.39 is 12.0 Å². The number of hydrogen-bond acceptors (Lipinski definition) is 4. The summed E-state index contributed by atoms with van der Waals surface area (Å²) in [5, 5.41) is 5.19. The number of rotatable bonds is 6. The molecule has 0 spiro atoms. The molecule has 0 radical (unpaired) electrons. The second kappa shape index (κ2) is 7.62. The van der Waals surface area contributed by atoms with Crippen molar-refractivity contribution in [2.75, 3.05) is 24.5 Å². The smallest absolute Gasteiger partial charge is 0.268 e. The average Bonchev–Trinajstić information content (AvgIpc) is 2.55. The number of ether oxygens (including phenoxy) is 1. The number of hydrogen-bond donors (Lipinski definition) is 2. The second-order valence-electron chi connectivity index (χ2n) is 5.28. The first kappa shape index (κ1) is 16.8. The van der Waals surface area contributed by atoms with E-state index in [1.807, 2.05) is 6.92 Å². The molecule has 1 aromatic carbocycles. The highest BCUT2D eigenvalue weighted by molar-refractivity contribution is 6.03. The summed E-state index contributed by atoms with van der Waals surface area (Å²) in [7, 11) is 0. The minimum atomic E-state index is -0.648. The van der Waals surface area contributed by atoms with Crippen molar-refractivity contribution >= 4 is 23.4 Å². The largest absolute Gasteiger partial charge is 0.479 e. The Balaban J connectivity index is 1.97. The molecular formula is C16H21N3O4. The zero-order valence-electron chi connectivity index (χ0n) is 13.3. The summed E-state index contributed by atoms with van der Waals surface area (Å²) in [5.74, 6) is -0.362. The van der Waals surface area contributed by atoms with Crippen LogP contribution in [0.3, 0.4) is 0 Å². The van der Waals surface area contributed by atoms with E-state index in [1.54, 1.807) is 31.2 Å². The van der Waals surface area contributed by atoms with Crippen LogP contribution in [0.5, 0.6) is 5.75 Å².